The maximum atomic E-state index is 12.2. The number of carbonyl (C=O) groups excluding carboxylic acids is 2. The molecule has 0 aliphatic heterocycles. The molecule has 0 radical (unpaired) electrons. The molecule has 0 atom stereocenters. The van der Waals surface area contributed by atoms with Crippen LogP contribution in [0.3, 0.4) is 0 Å². The Morgan fingerprint density at radius 3 is 2.38 bits per heavy atom. The molecule has 0 saturated heterocycles. The molecule has 2 aromatic carbocycles. The van der Waals surface area contributed by atoms with Gasteiger partial charge in [-0.15, -0.1) is 0 Å². The molecule has 3 aromatic rings. The zero-order valence-corrected chi connectivity index (χ0v) is 19.0. The van der Waals surface area contributed by atoms with Gasteiger partial charge in [0, 0.05) is 30.9 Å². The number of hydrogen-bond acceptors (Lipinski definition) is 4. The Labute approximate surface area is 189 Å². The number of likely N-dealkylation sites (N-methyl/N-ethyl adjacent to an activating group) is 1. The van der Waals surface area contributed by atoms with Crippen LogP contribution < -0.4 is 0 Å². The number of rotatable bonds is 8. The van der Waals surface area contributed by atoms with Crippen LogP contribution in [0.4, 0.5) is 0 Å². The summed E-state index contributed by atoms with van der Waals surface area (Å²) in [5.74, 6) is -0.814. The second-order valence-corrected chi connectivity index (χ2v) is 7.90. The zero-order valence-electron chi connectivity index (χ0n) is 19.0. The molecule has 1 aromatic heterocycles. The van der Waals surface area contributed by atoms with E-state index in [2.05, 4.69) is 36.3 Å². The first kappa shape index (κ1) is 23.0. The topological polar surface area (TPSA) is 64.4 Å². The molecule has 166 valence electrons. The molecular weight excluding hydrogens is 402 g/mol. The van der Waals surface area contributed by atoms with Crippen molar-refractivity contribution < 1.29 is 14.3 Å². The van der Waals surface area contributed by atoms with E-state index in [-0.39, 0.29) is 12.5 Å². The Morgan fingerprint density at radius 2 is 1.69 bits per heavy atom. The third kappa shape index (κ3) is 6.17. The van der Waals surface area contributed by atoms with Gasteiger partial charge in [0.2, 0.25) is 0 Å². The van der Waals surface area contributed by atoms with Gasteiger partial charge >= 0.3 is 5.97 Å². The number of aryl methyl sites for hydroxylation is 2. The van der Waals surface area contributed by atoms with Crippen molar-refractivity contribution >= 4 is 18.0 Å². The van der Waals surface area contributed by atoms with Gasteiger partial charge in [-0.1, -0.05) is 60.2 Å². The minimum absolute atomic E-state index is 0.256. The molecule has 0 saturated carbocycles. The van der Waals surface area contributed by atoms with Gasteiger partial charge in [0.15, 0.2) is 6.61 Å². The lowest BCUT2D eigenvalue weighted by atomic mass is 10.1. The lowest BCUT2D eigenvalue weighted by Gasteiger charge is -2.16. The first-order valence-corrected chi connectivity index (χ1v) is 10.6. The molecule has 0 bridgehead atoms. The van der Waals surface area contributed by atoms with Gasteiger partial charge in [-0.05, 0) is 38.0 Å². The van der Waals surface area contributed by atoms with E-state index in [0.29, 0.717) is 13.1 Å². The van der Waals surface area contributed by atoms with Gasteiger partial charge < -0.3 is 9.64 Å². The first-order valence-electron chi connectivity index (χ1n) is 10.6. The van der Waals surface area contributed by atoms with Crippen molar-refractivity contribution in [2.24, 2.45) is 0 Å². The number of benzene rings is 2. The van der Waals surface area contributed by atoms with E-state index in [1.165, 1.54) is 16.5 Å². The summed E-state index contributed by atoms with van der Waals surface area (Å²) in [6.07, 6.45) is 3.04. The number of hydrogen-bond donors (Lipinski definition) is 0. The smallest absolute Gasteiger partial charge is 0.331 e. The molecule has 3 rings (SSSR count). The minimum Gasteiger partial charge on any atom is -0.452 e. The number of nitrogens with zero attached hydrogens (tertiary/aromatic N) is 3. The fraction of sp³-hybridized carbons (Fsp3) is 0.269. The van der Waals surface area contributed by atoms with Crippen molar-refractivity contribution in [3.8, 4) is 0 Å². The fourth-order valence-corrected chi connectivity index (χ4v) is 3.36. The summed E-state index contributed by atoms with van der Waals surface area (Å²) in [7, 11) is 1.69. The number of carbonyl (C=O) groups is 2. The first-order chi connectivity index (χ1) is 15.3. The summed E-state index contributed by atoms with van der Waals surface area (Å²) < 4.78 is 7.06. The summed E-state index contributed by atoms with van der Waals surface area (Å²) in [5.41, 5.74) is 6.07. The van der Waals surface area contributed by atoms with E-state index >= 15 is 0 Å². The van der Waals surface area contributed by atoms with E-state index in [1.807, 2.05) is 48.9 Å². The van der Waals surface area contributed by atoms with Crippen molar-refractivity contribution in [1.29, 1.82) is 0 Å². The average molecular weight is 432 g/mol. The molecule has 1 amide bonds. The lowest BCUT2D eigenvalue weighted by molar-refractivity contribution is -0.147. The predicted octanol–water partition coefficient (Wildman–Crippen LogP) is 4.07. The lowest BCUT2D eigenvalue weighted by Crippen LogP contribution is -2.30. The van der Waals surface area contributed by atoms with Crippen molar-refractivity contribution in [2.45, 2.75) is 33.9 Å². The number of ether oxygens (including phenoxy) is 1. The molecule has 0 spiro atoms. The van der Waals surface area contributed by atoms with Crippen molar-refractivity contribution in [2.75, 3.05) is 13.7 Å². The highest BCUT2D eigenvalue weighted by Gasteiger charge is 2.13. The van der Waals surface area contributed by atoms with Crippen LogP contribution in [0.5, 0.6) is 0 Å². The SMILES string of the molecule is Cc1ccc(Cn2nc(C)c(/C=C/C(=O)OCC(=O)N(C)Cc3ccccc3)c2C)cc1. The molecule has 1 heterocycles. The van der Waals surface area contributed by atoms with E-state index in [0.717, 1.165) is 28.1 Å². The average Bonchev–Trinajstić information content (AvgIpc) is 3.05. The monoisotopic (exact) mass is 431 g/mol. The van der Waals surface area contributed by atoms with Gasteiger partial charge in [0.1, 0.15) is 0 Å². The van der Waals surface area contributed by atoms with Crippen LogP contribution in [-0.4, -0.2) is 40.2 Å². The van der Waals surface area contributed by atoms with Crippen LogP contribution in [-0.2, 0) is 27.4 Å². The quantitative estimate of drug-likeness (QED) is 0.398. The molecule has 0 unspecified atom stereocenters. The number of esters is 1. The molecule has 6 heteroatoms. The van der Waals surface area contributed by atoms with Crippen molar-refractivity contribution in [1.82, 2.24) is 14.7 Å². The highest BCUT2D eigenvalue weighted by Crippen LogP contribution is 2.17. The van der Waals surface area contributed by atoms with Gasteiger partial charge in [-0.3, -0.25) is 9.48 Å². The van der Waals surface area contributed by atoms with Gasteiger partial charge in [-0.2, -0.15) is 5.10 Å². The summed E-state index contributed by atoms with van der Waals surface area (Å²) in [6.45, 7) is 6.77. The molecule has 0 aliphatic carbocycles. The van der Waals surface area contributed by atoms with Crippen LogP contribution in [0.2, 0.25) is 0 Å². The zero-order chi connectivity index (χ0) is 23.1. The van der Waals surface area contributed by atoms with Crippen LogP contribution >= 0.6 is 0 Å². The Morgan fingerprint density at radius 1 is 1.00 bits per heavy atom. The minimum atomic E-state index is -0.559. The highest BCUT2D eigenvalue weighted by atomic mass is 16.5. The van der Waals surface area contributed by atoms with Crippen molar-refractivity contribution in [3.63, 3.8) is 0 Å². The Kier molecular flexibility index (Phi) is 7.60. The fourth-order valence-electron chi connectivity index (χ4n) is 3.36. The van der Waals surface area contributed by atoms with Gasteiger partial charge in [0.25, 0.3) is 5.91 Å². The maximum Gasteiger partial charge on any atom is 0.331 e. The Hall–Kier alpha value is -3.67. The van der Waals surface area contributed by atoms with Gasteiger partial charge in [0.05, 0.1) is 12.2 Å². The van der Waals surface area contributed by atoms with Crippen LogP contribution in [0.1, 0.15) is 33.6 Å². The normalized spacial score (nSPS) is 11.0. The molecule has 0 fully saturated rings. The largest absolute Gasteiger partial charge is 0.452 e. The third-order valence-electron chi connectivity index (χ3n) is 5.30. The summed E-state index contributed by atoms with van der Waals surface area (Å²) in [5, 5.41) is 4.60. The van der Waals surface area contributed by atoms with E-state index in [4.69, 9.17) is 4.74 Å². The van der Waals surface area contributed by atoms with E-state index in [1.54, 1.807) is 13.1 Å². The summed E-state index contributed by atoms with van der Waals surface area (Å²) in [4.78, 5) is 25.9. The van der Waals surface area contributed by atoms with Crippen molar-refractivity contribution in [3.05, 3.63) is 94.3 Å². The van der Waals surface area contributed by atoms with E-state index in [9.17, 15) is 9.59 Å². The van der Waals surface area contributed by atoms with Crippen LogP contribution in [0.25, 0.3) is 6.08 Å². The Bertz CT molecular complexity index is 1100. The number of aromatic nitrogens is 2. The Balaban J connectivity index is 1.55. The second kappa shape index (κ2) is 10.6. The van der Waals surface area contributed by atoms with Crippen LogP contribution in [0, 0.1) is 20.8 Å². The third-order valence-corrected chi connectivity index (χ3v) is 5.30. The highest BCUT2D eigenvalue weighted by molar-refractivity contribution is 5.89. The van der Waals surface area contributed by atoms with Gasteiger partial charge in [-0.25, -0.2) is 4.79 Å². The molecule has 0 aliphatic rings. The molecule has 6 nitrogen and oxygen atoms in total. The predicted molar refractivity (Wildman–Crippen MR) is 125 cm³/mol. The second-order valence-electron chi connectivity index (χ2n) is 7.90. The summed E-state index contributed by atoms with van der Waals surface area (Å²) in [6, 6.07) is 18.0. The standard InChI is InChI=1S/C26H29N3O3/c1-19-10-12-23(13-11-19)17-29-21(3)24(20(2)27-29)14-15-26(31)32-18-25(30)28(4)16-22-8-6-5-7-9-22/h5-15H,16-18H2,1-4H3/b15-14+. The maximum absolute atomic E-state index is 12.2. The van der Waals surface area contributed by atoms with Crippen LogP contribution in [0.15, 0.2) is 60.7 Å². The molecular formula is C26H29N3O3. The summed E-state index contributed by atoms with van der Waals surface area (Å²) >= 11 is 0. The molecule has 0 N–H and O–H groups in total. The number of amides is 1. The molecule has 32 heavy (non-hydrogen) atoms. The van der Waals surface area contributed by atoms with E-state index < -0.39 is 5.97 Å².